The summed E-state index contributed by atoms with van der Waals surface area (Å²) in [4.78, 5) is 10.8. The van der Waals surface area contributed by atoms with Gasteiger partial charge in [-0.3, -0.25) is 4.79 Å². The molecule has 22 heavy (non-hydrogen) atoms. The minimum atomic E-state index is -0.724. The fourth-order valence-electron chi connectivity index (χ4n) is 2.53. The van der Waals surface area contributed by atoms with Crippen molar-refractivity contribution in [2.75, 3.05) is 6.61 Å². The molecule has 1 N–H and O–H groups in total. The molecule has 114 valence electrons. The Morgan fingerprint density at radius 3 is 2.64 bits per heavy atom. The summed E-state index contributed by atoms with van der Waals surface area (Å²) >= 11 is 6.24. The van der Waals surface area contributed by atoms with Gasteiger partial charge in [0.1, 0.15) is 5.75 Å². The first-order chi connectivity index (χ1) is 10.5. The second-order valence-electron chi connectivity index (χ2n) is 5.76. The van der Waals surface area contributed by atoms with Crippen LogP contribution in [0.25, 0.3) is 11.1 Å². The summed E-state index contributed by atoms with van der Waals surface area (Å²) < 4.78 is 5.66. The van der Waals surface area contributed by atoms with Gasteiger partial charge in [0.15, 0.2) is 0 Å². The van der Waals surface area contributed by atoms with E-state index in [2.05, 4.69) is 6.07 Å². The summed E-state index contributed by atoms with van der Waals surface area (Å²) in [7, 11) is 0. The van der Waals surface area contributed by atoms with Gasteiger partial charge in [-0.2, -0.15) is 0 Å². The Kier molecular flexibility index (Phi) is 4.08. The molecule has 2 aromatic carbocycles. The van der Waals surface area contributed by atoms with E-state index in [0.717, 1.165) is 27.5 Å². The highest BCUT2D eigenvalue weighted by molar-refractivity contribution is 6.33. The van der Waals surface area contributed by atoms with Crippen molar-refractivity contribution >= 4 is 17.6 Å². The normalized spacial score (nSPS) is 19.7. The molecule has 0 saturated heterocycles. The van der Waals surface area contributed by atoms with E-state index in [-0.39, 0.29) is 11.8 Å². The van der Waals surface area contributed by atoms with E-state index in [0.29, 0.717) is 13.0 Å². The summed E-state index contributed by atoms with van der Waals surface area (Å²) in [5.41, 5.74) is 3.20. The number of hydrogen-bond donors (Lipinski definition) is 1. The number of carboxylic acid groups (broad SMARTS) is 1. The number of aryl methyl sites for hydroxylation is 1. The number of aliphatic carboxylic acids is 1. The Morgan fingerprint density at radius 2 is 2.00 bits per heavy atom. The van der Waals surface area contributed by atoms with Crippen LogP contribution >= 0.6 is 11.6 Å². The molecule has 0 heterocycles. The van der Waals surface area contributed by atoms with Crippen LogP contribution in [0.1, 0.15) is 12.0 Å². The van der Waals surface area contributed by atoms with E-state index in [9.17, 15) is 4.79 Å². The molecule has 3 rings (SSSR count). The molecule has 1 fully saturated rings. The maximum absolute atomic E-state index is 10.8. The summed E-state index contributed by atoms with van der Waals surface area (Å²) in [6, 6.07) is 13.7. The second kappa shape index (κ2) is 6.01. The molecule has 0 spiro atoms. The lowest BCUT2D eigenvalue weighted by Gasteiger charge is -2.09. The van der Waals surface area contributed by atoms with E-state index in [1.54, 1.807) is 0 Å². The Balaban J connectivity index is 1.65. The standard InChI is InChI=1S/C18H17ClO3/c1-11-2-7-17(19)15(8-11)12-3-5-14(6-4-12)22-10-13-9-16(13)18(20)21/h2-8,13,16H,9-10H2,1H3,(H,20,21). The Hall–Kier alpha value is -2.00. The number of hydrogen-bond acceptors (Lipinski definition) is 2. The molecule has 1 aliphatic carbocycles. The van der Waals surface area contributed by atoms with Crippen molar-refractivity contribution in [1.29, 1.82) is 0 Å². The number of ether oxygens (including phenoxy) is 1. The lowest BCUT2D eigenvalue weighted by atomic mass is 10.0. The first-order valence-corrected chi connectivity index (χ1v) is 7.64. The minimum Gasteiger partial charge on any atom is -0.493 e. The number of rotatable bonds is 5. The Bertz CT molecular complexity index is 694. The Labute approximate surface area is 134 Å². The van der Waals surface area contributed by atoms with Gasteiger partial charge in [-0.05, 0) is 43.2 Å². The SMILES string of the molecule is Cc1ccc(Cl)c(-c2ccc(OCC3CC3C(=O)O)cc2)c1. The van der Waals surface area contributed by atoms with Crippen molar-refractivity contribution in [3.8, 4) is 16.9 Å². The number of carboxylic acids is 1. The average Bonchev–Trinajstić information content (AvgIpc) is 3.28. The highest BCUT2D eigenvalue weighted by atomic mass is 35.5. The summed E-state index contributed by atoms with van der Waals surface area (Å²) in [5, 5.41) is 9.59. The summed E-state index contributed by atoms with van der Waals surface area (Å²) in [6.45, 7) is 2.49. The number of benzene rings is 2. The summed E-state index contributed by atoms with van der Waals surface area (Å²) in [5.74, 6) is -0.0598. The first kappa shape index (κ1) is 14.9. The third-order valence-corrected chi connectivity index (χ3v) is 4.32. The predicted molar refractivity (Wildman–Crippen MR) is 86.4 cm³/mol. The maximum Gasteiger partial charge on any atom is 0.306 e. The van der Waals surface area contributed by atoms with Crippen molar-refractivity contribution in [3.63, 3.8) is 0 Å². The molecule has 0 aromatic heterocycles. The quantitative estimate of drug-likeness (QED) is 0.888. The van der Waals surface area contributed by atoms with E-state index < -0.39 is 5.97 Å². The lowest BCUT2D eigenvalue weighted by Crippen LogP contribution is -2.06. The van der Waals surface area contributed by atoms with Crippen LogP contribution < -0.4 is 4.74 Å². The van der Waals surface area contributed by atoms with Crippen molar-refractivity contribution in [3.05, 3.63) is 53.1 Å². The molecule has 2 atom stereocenters. The molecule has 1 aliphatic rings. The van der Waals surface area contributed by atoms with Gasteiger partial charge >= 0.3 is 5.97 Å². The molecule has 0 bridgehead atoms. The molecule has 4 heteroatoms. The molecule has 2 unspecified atom stereocenters. The minimum absolute atomic E-state index is 0.142. The van der Waals surface area contributed by atoms with Crippen LogP contribution in [0.5, 0.6) is 5.75 Å². The highest BCUT2D eigenvalue weighted by Crippen LogP contribution is 2.39. The largest absolute Gasteiger partial charge is 0.493 e. The molecule has 1 saturated carbocycles. The van der Waals surface area contributed by atoms with Crippen LogP contribution in [-0.2, 0) is 4.79 Å². The topological polar surface area (TPSA) is 46.5 Å². The van der Waals surface area contributed by atoms with Crippen LogP contribution in [0.15, 0.2) is 42.5 Å². The molecule has 0 aliphatic heterocycles. The Morgan fingerprint density at radius 1 is 1.27 bits per heavy atom. The van der Waals surface area contributed by atoms with Gasteiger partial charge in [0.05, 0.1) is 12.5 Å². The first-order valence-electron chi connectivity index (χ1n) is 7.27. The summed E-state index contributed by atoms with van der Waals surface area (Å²) in [6.07, 6.45) is 0.715. The smallest absolute Gasteiger partial charge is 0.306 e. The molecule has 0 amide bonds. The van der Waals surface area contributed by atoms with Gasteiger partial charge in [-0.25, -0.2) is 0 Å². The van der Waals surface area contributed by atoms with Crippen LogP contribution in [0.2, 0.25) is 5.02 Å². The molecule has 2 aromatic rings. The average molecular weight is 317 g/mol. The van der Waals surface area contributed by atoms with Gasteiger partial charge in [-0.15, -0.1) is 0 Å². The highest BCUT2D eigenvalue weighted by Gasteiger charge is 2.43. The van der Waals surface area contributed by atoms with E-state index in [1.165, 1.54) is 0 Å². The zero-order chi connectivity index (χ0) is 15.7. The van der Waals surface area contributed by atoms with Crippen molar-refractivity contribution < 1.29 is 14.6 Å². The third kappa shape index (κ3) is 3.25. The van der Waals surface area contributed by atoms with Gasteiger partial charge in [0, 0.05) is 16.5 Å². The molecular weight excluding hydrogens is 300 g/mol. The zero-order valence-electron chi connectivity index (χ0n) is 12.3. The van der Waals surface area contributed by atoms with Crippen LogP contribution in [-0.4, -0.2) is 17.7 Å². The van der Waals surface area contributed by atoms with Gasteiger partial charge in [0.25, 0.3) is 0 Å². The number of carbonyl (C=O) groups is 1. The third-order valence-electron chi connectivity index (χ3n) is 3.99. The molecular formula is C18H17ClO3. The second-order valence-corrected chi connectivity index (χ2v) is 6.17. The van der Waals surface area contributed by atoms with Crippen molar-refractivity contribution in [2.45, 2.75) is 13.3 Å². The molecule has 0 radical (unpaired) electrons. The van der Waals surface area contributed by atoms with Crippen molar-refractivity contribution in [1.82, 2.24) is 0 Å². The number of halogens is 1. The van der Waals surface area contributed by atoms with Gasteiger partial charge in [0.2, 0.25) is 0 Å². The van der Waals surface area contributed by atoms with Gasteiger partial charge < -0.3 is 9.84 Å². The predicted octanol–water partition coefficient (Wildman–Crippen LogP) is 4.41. The monoisotopic (exact) mass is 316 g/mol. The van der Waals surface area contributed by atoms with E-state index in [4.69, 9.17) is 21.4 Å². The lowest BCUT2D eigenvalue weighted by molar-refractivity contribution is -0.138. The van der Waals surface area contributed by atoms with E-state index in [1.807, 2.05) is 43.3 Å². The fraction of sp³-hybridized carbons (Fsp3) is 0.278. The molecule has 3 nitrogen and oxygen atoms in total. The van der Waals surface area contributed by atoms with Crippen LogP contribution in [0.3, 0.4) is 0 Å². The van der Waals surface area contributed by atoms with E-state index >= 15 is 0 Å². The van der Waals surface area contributed by atoms with Crippen LogP contribution in [0.4, 0.5) is 0 Å². The van der Waals surface area contributed by atoms with Crippen molar-refractivity contribution in [2.24, 2.45) is 11.8 Å². The zero-order valence-corrected chi connectivity index (χ0v) is 13.0. The fourth-order valence-corrected chi connectivity index (χ4v) is 2.76. The van der Waals surface area contributed by atoms with Crippen LogP contribution in [0, 0.1) is 18.8 Å². The maximum atomic E-state index is 10.8. The van der Waals surface area contributed by atoms with Gasteiger partial charge in [-0.1, -0.05) is 35.4 Å².